The summed E-state index contributed by atoms with van der Waals surface area (Å²) in [6.07, 6.45) is 19.9. The minimum Gasteiger partial charge on any atom is -0.299 e. The average molecular weight is 515 g/mol. The number of unbranched alkanes of at least 4 members (excludes halogenated alkanes) is 10. The molecule has 0 unspecified atom stereocenters. The number of benzene rings is 2. The van der Waals surface area contributed by atoms with E-state index in [4.69, 9.17) is 0 Å². The van der Waals surface area contributed by atoms with E-state index in [2.05, 4.69) is 56.8 Å². The average Bonchev–Trinajstić information content (AvgIpc) is 3.20. The third-order valence-electron chi connectivity index (χ3n) is 8.48. The highest BCUT2D eigenvalue weighted by atomic mass is 16.1. The Balaban J connectivity index is 1.81. The van der Waals surface area contributed by atoms with E-state index in [9.17, 15) is 9.59 Å². The van der Waals surface area contributed by atoms with E-state index in [-0.39, 0.29) is 23.4 Å². The molecule has 0 bridgehead atoms. The van der Waals surface area contributed by atoms with Crippen LogP contribution < -0.4 is 0 Å². The summed E-state index contributed by atoms with van der Waals surface area (Å²) in [6, 6.07) is 15.2. The first-order valence-corrected chi connectivity index (χ1v) is 15.5. The predicted octanol–water partition coefficient (Wildman–Crippen LogP) is 10.6. The Morgan fingerprint density at radius 1 is 0.737 bits per heavy atom. The van der Waals surface area contributed by atoms with Crippen molar-refractivity contribution in [2.24, 2.45) is 0 Å². The smallest absolute Gasteiger partial charge is 0.170 e. The SMILES string of the molecule is C=CCCCCCCC(=O)CC(=O)c1ccc2c(c1)C(CCCCCC)(CCCCCC)c1ccccc1-2. The number of hydrogen-bond acceptors (Lipinski definition) is 2. The van der Waals surface area contributed by atoms with E-state index in [1.165, 1.54) is 73.6 Å². The number of allylic oxidation sites excluding steroid dienone is 1. The van der Waals surface area contributed by atoms with Crippen LogP contribution >= 0.6 is 0 Å². The standard InChI is InChI=1S/C36H50O2/c1-4-7-10-13-14-15-20-30(37)28-35(38)29-23-24-32-31-21-16-17-22-33(31)36(34(32)27-29,25-18-11-8-5-2)26-19-12-9-6-3/h4,16-17,21-24,27H,1,5-15,18-20,25-26,28H2,2-3H3. The van der Waals surface area contributed by atoms with Gasteiger partial charge in [0.2, 0.25) is 0 Å². The van der Waals surface area contributed by atoms with Crippen molar-refractivity contribution in [3.63, 3.8) is 0 Å². The molecule has 38 heavy (non-hydrogen) atoms. The molecule has 1 aliphatic rings. The molecule has 0 saturated carbocycles. The van der Waals surface area contributed by atoms with Crippen molar-refractivity contribution in [1.29, 1.82) is 0 Å². The lowest BCUT2D eigenvalue weighted by Crippen LogP contribution is -2.26. The first kappa shape index (κ1) is 30.1. The minimum absolute atomic E-state index is 0.0220. The summed E-state index contributed by atoms with van der Waals surface area (Å²) in [5, 5.41) is 0. The van der Waals surface area contributed by atoms with Crippen molar-refractivity contribution in [3.05, 3.63) is 71.8 Å². The van der Waals surface area contributed by atoms with Crippen LogP contribution in [0.1, 0.15) is 144 Å². The Bertz CT molecular complexity index is 1040. The zero-order valence-electron chi connectivity index (χ0n) is 24.2. The molecular weight excluding hydrogens is 464 g/mol. The molecule has 0 spiro atoms. The minimum atomic E-state index is -0.0286. The lowest BCUT2D eigenvalue weighted by atomic mass is 9.70. The molecule has 0 N–H and O–H groups in total. The Hall–Kier alpha value is -2.48. The second-order valence-corrected chi connectivity index (χ2v) is 11.4. The van der Waals surface area contributed by atoms with Crippen LogP contribution in [0.3, 0.4) is 0 Å². The van der Waals surface area contributed by atoms with Crippen LogP contribution in [0, 0.1) is 0 Å². The van der Waals surface area contributed by atoms with Gasteiger partial charge in [-0.3, -0.25) is 9.59 Å². The summed E-state index contributed by atoms with van der Waals surface area (Å²) in [5.41, 5.74) is 6.07. The predicted molar refractivity (Wildman–Crippen MR) is 162 cm³/mol. The molecule has 2 aromatic carbocycles. The fourth-order valence-electron chi connectivity index (χ4n) is 6.33. The first-order chi connectivity index (χ1) is 18.6. The van der Waals surface area contributed by atoms with Gasteiger partial charge in [-0.2, -0.15) is 0 Å². The number of Topliss-reactive ketones (excluding diaryl/α,β-unsaturated/α-hetero) is 2. The van der Waals surface area contributed by atoms with E-state index >= 15 is 0 Å². The fourth-order valence-corrected chi connectivity index (χ4v) is 6.33. The molecule has 0 aliphatic heterocycles. The number of rotatable bonds is 20. The van der Waals surface area contributed by atoms with Crippen LogP contribution in [0.4, 0.5) is 0 Å². The van der Waals surface area contributed by atoms with Crippen LogP contribution in [0.15, 0.2) is 55.1 Å². The van der Waals surface area contributed by atoms with Crippen LogP contribution in [0.5, 0.6) is 0 Å². The summed E-state index contributed by atoms with van der Waals surface area (Å²) in [4.78, 5) is 25.9. The molecular formula is C36H50O2. The molecule has 2 nitrogen and oxygen atoms in total. The molecule has 0 amide bonds. The van der Waals surface area contributed by atoms with Crippen LogP contribution in [0.2, 0.25) is 0 Å². The van der Waals surface area contributed by atoms with Crippen molar-refractivity contribution in [1.82, 2.24) is 0 Å². The quantitative estimate of drug-likeness (QED) is 0.0762. The van der Waals surface area contributed by atoms with Gasteiger partial charge in [0, 0.05) is 17.4 Å². The molecule has 2 aromatic rings. The van der Waals surface area contributed by atoms with Crippen molar-refractivity contribution in [2.45, 2.75) is 128 Å². The highest BCUT2D eigenvalue weighted by molar-refractivity contribution is 6.08. The van der Waals surface area contributed by atoms with Gasteiger partial charge in [0.05, 0.1) is 6.42 Å². The van der Waals surface area contributed by atoms with E-state index in [1.54, 1.807) is 0 Å². The summed E-state index contributed by atoms with van der Waals surface area (Å²) < 4.78 is 0. The zero-order valence-corrected chi connectivity index (χ0v) is 24.2. The van der Waals surface area contributed by atoms with Crippen molar-refractivity contribution in [2.75, 3.05) is 0 Å². The van der Waals surface area contributed by atoms with E-state index < -0.39 is 0 Å². The zero-order chi connectivity index (χ0) is 27.2. The molecule has 3 rings (SSSR count). The molecule has 0 atom stereocenters. The molecule has 0 fully saturated rings. The van der Waals surface area contributed by atoms with Gasteiger partial charge in [0.25, 0.3) is 0 Å². The number of carbonyl (C=O) groups is 2. The van der Waals surface area contributed by atoms with Gasteiger partial charge in [0.15, 0.2) is 5.78 Å². The number of fused-ring (bicyclic) bond motifs is 3. The Morgan fingerprint density at radius 2 is 1.37 bits per heavy atom. The van der Waals surface area contributed by atoms with Gasteiger partial charge in [-0.1, -0.05) is 121 Å². The van der Waals surface area contributed by atoms with Gasteiger partial charge >= 0.3 is 0 Å². The van der Waals surface area contributed by atoms with Crippen molar-refractivity contribution >= 4 is 11.6 Å². The first-order valence-electron chi connectivity index (χ1n) is 15.5. The third-order valence-corrected chi connectivity index (χ3v) is 8.48. The Labute approximate surface area is 232 Å². The highest BCUT2D eigenvalue weighted by Crippen LogP contribution is 2.54. The second kappa shape index (κ2) is 15.8. The number of hydrogen-bond donors (Lipinski definition) is 0. The largest absolute Gasteiger partial charge is 0.299 e. The molecule has 1 aliphatic carbocycles. The summed E-state index contributed by atoms with van der Waals surface area (Å²) in [7, 11) is 0. The monoisotopic (exact) mass is 514 g/mol. The van der Waals surface area contributed by atoms with Crippen LogP contribution in [-0.4, -0.2) is 11.6 Å². The van der Waals surface area contributed by atoms with Crippen molar-refractivity contribution < 1.29 is 9.59 Å². The van der Waals surface area contributed by atoms with Gasteiger partial charge in [0.1, 0.15) is 5.78 Å². The second-order valence-electron chi connectivity index (χ2n) is 11.4. The normalized spacial score (nSPS) is 13.2. The van der Waals surface area contributed by atoms with Gasteiger partial charge in [-0.05, 0) is 60.4 Å². The number of carbonyl (C=O) groups excluding carboxylic acids is 2. The maximum Gasteiger partial charge on any atom is 0.170 e. The fraction of sp³-hybridized carbons (Fsp3) is 0.556. The van der Waals surface area contributed by atoms with E-state index in [0.29, 0.717) is 12.0 Å². The molecule has 2 heteroatoms. The van der Waals surface area contributed by atoms with E-state index in [1.807, 2.05) is 12.1 Å². The molecule has 0 saturated heterocycles. The lowest BCUT2D eigenvalue weighted by Gasteiger charge is -2.33. The lowest BCUT2D eigenvalue weighted by molar-refractivity contribution is -0.118. The molecule has 206 valence electrons. The molecule has 0 aromatic heterocycles. The Morgan fingerprint density at radius 3 is 2.05 bits per heavy atom. The maximum absolute atomic E-state index is 13.3. The molecule has 0 radical (unpaired) electrons. The van der Waals surface area contributed by atoms with Crippen molar-refractivity contribution in [3.8, 4) is 11.1 Å². The topological polar surface area (TPSA) is 34.1 Å². The molecule has 0 heterocycles. The maximum atomic E-state index is 13.3. The number of ketones is 2. The Kier molecular flexibility index (Phi) is 12.5. The van der Waals surface area contributed by atoms with Gasteiger partial charge < -0.3 is 0 Å². The summed E-state index contributed by atoms with van der Waals surface area (Å²) in [6.45, 7) is 8.30. The highest BCUT2D eigenvalue weighted by Gasteiger charge is 2.42. The van der Waals surface area contributed by atoms with Gasteiger partial charge in [-0.15, -0.1) is 6.58 Å². The van der Waals surface area contributed by atoms with E-state index in [0.717, 1.165) is 44.9 Å². The van der Waals surface area contributed by atoms with Gasteiger partial charge in [-0.25, -0.2) is 0 Å². The summed E-state index contributed by atoms with van der Waals surface area (Å²) >= 11 is 0. The summed E-state index contributed by atoms with van der Waals surface area (Å²) in [5.74, 6) is 0.0548. The third kappa shape index (κ3) is 7.78. The van der Waals surface area contributed by atoms with Crippen LogP contribution in [-0.2, 0) is 10.2 Å². The van der Waals surface area contributed by atoms with Crippen LogP contribution in [0.25, 0.3) is 11.1 Å².